The quantitative estimate of drug-likeness (QED) is 0.0918. The van der Waals surface area contributed by atoms with Crippen LogP contribution in [-0.2, 0) is 19.1 Å². The summed E-state index contributed by atoms with van der Waals surface area (Å²) in [6.45, 7) is 8.05. The standard InChI is InChI=1S/C28H53N7O7/c1-17(2)14-22(36)33-21(8-7-13-31-27(29)40)25(38)32-20-11-9-19(10-12-20)16-42-28(41)35(6)15-23(37)34-24(18(3)4)26(39)30-5/h17-21,23-24,34,37H,7-16H2,1-6H3,(H,30,39)(H,32,38)(H,33,36)(H3,29,31,40)/t19?,20?,21-,23?,24-/m0/s1. The highest BCUT2D eigenvalue weighted by molar-refractivity contribution is 5.87. The van der Waals surface area contributed by atoms with E-state index in [0.717, 1.165) is 12.8 Å². The van der Waals surface area contributed by atoms with Crippen LogP contribution in [0.3, 0.4) is 0 Å². The van der Waals surface area contributed by atoms with Gasteiger partial charge in [0.05, 0.1) is 19.2 Å². The zero-order valence-corrected chi connectivity index (χ0v) is 26.0. The number of carbonyl (C=O) groups is 5. The predicted octanol–water partition coefficient (Wildman–Crippen LogP) is 0.388. The molecule has 0 aliphatic heterocycles. The summed E-state index contributed by atoms with van der Waals surface area (Å²) in [6, 6.07) is -2.01. The van der Waals surface area contributed by atoms with E-state index in [4.69, 9.17) is 10.5 Å². The number of nitrogens with two attached hydrogens (primary N) is 1. The summed E-state index contributed by atoms with van der Waals surface area (Å²) < 4.78 is 5.46. The van der Waals surface area contributed by atoms with E-state index in [9.17, 15) is 29.1 Å². The molecule has 1 saturated carbocycles. The molecule has 8 N–H and O–H groups in total. The van der Waals surface area contributed by atoms with E-state index in [1.165, 1.54) is 19.0 Å². The zero-order chi connectivity index (χ0) is 31.8. The van der Waals surface area contributed by atoms with Crippen molar-refractivity contribution >= 4 is 29.8 Å². The molecule has 14 nitrogen and oxygen atoms in total. The lowest BCUT2D eigenvalue weighted by Gasteiger charge is -2.31. The molecule has 0 aromatic heterocycles. The molecule has 1 unspecified atom stereocenters. The maximum absolute atomic E-state index is 13.0. The Morgan fingerprint density at radius 2 is 1.67 bits per heavy atom. The molecular formula is C28H53N7O7. The molecule has 0 radical (unpaired) electrons. The van der Waals surface area contributed by atoms with E-state index in [1.807, 2.05) is 27.7 Å². The fourth-order valence-electron chi connectivity index (χ4n) is 4.81. The second-order valence-electron chi connectivity index (χ2n) is 11.9. The third kappa shape index (κ3) is 14.7. The molecule has 1 aliphatic carbocycles. The van der Waals surface area contributed by atoms with E-state index in [-0.39, 0.29) is 54.7 Å². The Balaban J connectivity index is 2.49. The lowest BCUT2D eigenvalue weighted by atomic mass is 9.86. The van der Waals surface area contributed by atoms with Crippen LogP contribution in [0.25, 0.3) is 0 Å². The second kappa shape index (κ2) is 19.1. The first kappa shape index (κ1) is 36.9. The van der Waals surface area contributed by atoms with Crippen LogP contribution in [0.1, 0.15) is 72.6 Å². The van der Waals surface area contributed by atoms with Crippen molar-refractivity contribution in [1.29, 1.82) is 0 Å². The van der Waals surface area contributed by atoms with Crippen LogP contribution in [0.4, 0.5) is 9.59 Å². The number of urea groups is 1. The first-order chi connectivity index (χ1) is 19.7. The average molecular weight is 600 g/mol. The number of hydrogen-bond acceptors (Lipinski definition) is 8. The minimum atomic E-state index is -1.11. The second-order valence-corrected chi connectivity index (χ2v) is 11.9. The molecule has 0 aromatic rings. The lowest BCUT2D eigenvalue weighted by Crippen LogP contribution is -2.53. The number of likely N-dealkylation sites (N-methyl/N-ethyl adjacent to an activating group) is 2. The molecule has 0 bridgehead atoms. The zero-order valence-electron chi connectivity index (χ0n) is 26.0. The van der Waals surface area contributed by atoms with Gasteiger partial charge in [-0.25, -0.2) is 9.59 Å². The summed E-state index contributed by atoms with van der Waals surface area (Å²) in [6.07, 6.45) is 2.39. The van der Waals surface area contributed by atoms with Gasteiger partial charge in [0.1, 0.15) is 12.3 Å². The van der Waals surface area contributed by atoms with Gasteiger partial charge in [-0.3, -0.25) is 19.7 Å². The number of aliphatic hydroxyl groups is 1. The summed E-state index contributed by atoms with van der Waals surface area (Å²) in [7, 11) is 3.04. The summed E-state index contributed by atoms with van der Waals surface area (Å²) in [5, 5.41) is 24.1. The van der Waals surface area contributed by atoms with Gasteiger partial charge in [0.15, 0.2) is 0 Å². The smallest absolute Gasteiger partial charge is 0.409 e. The third-order valence-corrected chi connectivity index (χ3v) is 7.18. The van der Waals surface area contributed by atoms with E-state index >= 15 is 0 Å². The van der Waals surface area contributed by atoms with Crippen LogP contribution in [0, 0.1) is 17.8 Å². The van der Waals surface area contributed by atoms with Crippen LogP contribution in [0.15, 0.2) is 0 Å². The SMILES string of the molecule is CNC(=O)[C@@H](NC(O)CN(C)C(=O)OCC1CCC(NC(=O)[C@H](CCCNC(N)=O)NC(=O)CC(C)C)CC1)C(C)C. The highest BCUT2D eigenvalue weighted by Gasteiger charge is 2.28. The molecule has 0 spiro atoms. The van der Waals surface area contributed by atoms with E-state index in [1.54, 1.807) is 0 Å². The van der Waals surface area contributed by atoms with Gasteiger partial charge in [-0.1, -0.05) is 27.7 Å². The normalized spacial score (nSPS) is 18.9. The number of ether oxygens (including phenoxy) is 1. The Morgan fingerprint density at radius 3 is 2.21 bits per heavy atom. The number of nitrogens with one attached hydrogen (secondary N) is 5. The summed E-state index contributed by atoms with van der Waals surface area (Å²) in [5.41, 5.74) is 5.10. The van der Waals surface area contributed by atoms with Crippen molar-refractivity contribution in [3.63, 3.8) is 0 Å². The van der Waals surface area contributed by atoms with Crippen molar-refractivity contribution in [1.82, 2.24) is 31.5 Å². The van der Waals surface area contributed by atoms with Crippen LogP contribution < -0.4 is 32.3 Å². The third-order valence-electron chi connectivity index (χ3n) is 7.18. The fraction of sp³-hybridized carbons (Fsp3) is 0.821. The minimum absolute atomic E-state index is 0.0503. The van der Waals surface area contributed by atoms with Gasteiger partial charge in [0, 0.05) is 33.1 Å². The Morgan fingerprint density at radius 1 is 1.02 bits per heavy atom. The molecule has 1 aliphatic rings. The van der Waals surface area contributed by atoms with Crippen molar-refractivity contribution in [2.24, 2.45) is 23.5 Å². The van der Waals surface area contributed by atoms with E-state index in [2.05, 4.69) is 26.6 Å². The number of aliphatic hydroxyl groups excluding tert-OH is 1. The molecule has 1 rings (SSSR count). The van der Waals surface area contributed by atoms with Crippen molar-refractivity contribution in [3.05, 3.63) is 0 Å². The maximum Gasteiger partial charge on any atom is 0.409 e. The van der Waals surface area contributed by atoms with Crippen molar-refractivity contribution in [2.75, 3.05) is 33.8 Å². The first-order valence-corrected chi connectivity index (χ1v) is 14.9. The number of nitrogens with zero attached hydrogens (tertiary/aromatic N) is 1. The Labute approximate surface area is 249 Å². The molecule has 242 valence electrons. The molecule has 0 aromatic carbocycles. The minimum Gasteiger partial charge on any atom is -0.449 e. The van der Waals surface area contributed by atoms with Gasteiger partial charge in [0.25, 0.3) is 0 Å². The predicted molar refractivity (Wildman–Crippen MR) is 158 cm³/mol. The maximum atomic E-state index is 13.0. The molecule has 1 fully saturated rings. The molecule has 42 heavy (non-hydrogen) atoms. The Bertz CT molecular complexity index is 879. The Hall–Kier alpha value is -3.13. The molecule has 0 heterocycles. The van der Waals surface area contributed by atoms with Crippen molar-refractivity contribution in [3.8, 4) is 0 Å². The van der Waals surface area contributed by atoms with Crippen molar-refractivity contribution < 1.29 is 33.8 Å². The average Bonchev–Trinajstić information content (AvgIpc) is 2.91. The summed E-state index contributed by atoms with van der Waals surface area (Å²) in [5.74, 6) is -0.466. The molecular weight excluding hydrogens is 546 g/mol. The number of rotatable bonds is 17. The van der Waals surface area contributed by atoms with Crippen LogP contribution >= 0.6 is 0 Å². The number of hydrogen-bond donors (Lipinski definition) is 7. The van der Waals surface area contributed by atoms with Gasteiger partial charge in [0.2, 0.25) is 17.7 Å². The van der Waals surface area contributed by atoms with Gasteiger partial charge >= 0.3 is 12.1 Å². The van der Waals surface area contributed by atoms with Crippen LogP contribution in [-0.4, -0.2) is 98.0 Å². The summed E-state index contributed by atoms with van der Waals surface area (Å²) in [4.78, 5) is 62.0. The molecule has 6 amide bonds. The van der Waals surface area contributed by atoms with Gasteiger partial charge in [-0.05, 0) is 56.3 Å². The number of amides is 6. The van der Waals surface area contributed by atoms with Crippen molar-refractivity contribution in [2.45, 2.75) is 97.0 Å². The highest BCUT2D eigenvalue weighted by atomic mass is 16.6. The Kier molecular flexibility index (Phi) is 16.8. The van der Waals surface area contributed by atoms with Gasteiger partial charge < -0.3 is 41.7 Å². The lowest BCUT2D eigenvalue weighted by molar-refractivity contribution is -0.130. The topological polar surface area (TPSA) is 204 Å². The van der Waals surface area contributed by atoms with E-state index < -0.39 is 30.4 Å². The highest BCUT2D eigenvalue weighted by Crippen LogP contribution is 2.25. The fourth-order valence-corrected chi connectivity index (χ4v) is 4.81. The van der Waals surface area contributed by atoms with Gasteiger partial charge in [-0.15, -0.1) is 0 Å². The van der Waals surface area contributed by atoms with Gasteiger partial charge in [-0.2, -0.15) is 0 Å². The monoisotopic (exact) mass is 599 g/mol. The number of carbonyl (C=O) groups excluding carboxylic acids is 5. The molecule has 14 heteroatoms. The molecule has 0 saturated heterocycles. The summed E-state index contributed by atoms with van der Waals surface area (Å²) >= 11 is 0. The van der Waals surface area contributed by atoms with Crippen LogP contribution in [0.5, 0.6) is 0 Å². The number of primary amides is 1. The van der Waals surface area contributed by atoms with Crippen LogP contribution in [0.2, 0.25) is 0 Å². The van der Waals surface area contributed by atoms with E-state index in [0.29, 0.717) is 38.6 Å². The first-order valence-electron chi connectivity index (χ1n) is 14.9. The molecule has 3 atom stereocenters. The largest absolute Gasteiger partial charge is 0.449 e.